The summed E-state index contributed by atoms with van der Waals surface area (Å²) >= 11 is 0. The number of hydrogen-bond donors (Lipinski definition) is 1. The Morgan fingerprint density at radius 3 is 2.79 bits per heavy atom. The summed E-state index contributed by atoms with van der Waals surface area (Å²) in [6, 6.07) is 7.36. The zero-order chi connectivity index (χ0) is 17.0. The van der Waals surface area contributed by atoms with Gasteiger partial charge in [0.25, 0.3) is 0 Å². The minimum Gasteiger partial charge on any atom is -0.325 e. The van der Waals surface area contributed by atoms with Crippen LogP contribution in [-0.4, -0.2) is 5.54 Å². The van der Waals surface area contributed by atoms with E-state index in [1.807, 2.05) is 0 Å². The van der Waals surface area contributed by atoms with E-state index in [2.05, 4.69) is 44.2 Å². The summed E-state index contributed by atoms with van der Waals surface area (Å²) in [5.74, 6) is 1.57. The lowest BCUT2D eigenvalue weighted by Gasteiger charge is -2.26. The lowest BCUT2D eigenvalue weighted by atomic mass is 9.80. The largest absolute Gasteiger partial charge is 0.325 e. The summed E-state index contributed by atoms with van der Waals surface area (Å²) in [6.07, 6.45) is 17.1. The van der Waals surface area contributed by atoms with E-state index < -0.39 is 0 Å². The average molecular weight is 326 g/mol. The molecule has 1 aromatic rings. The molecular formula is C23H35N. The van der Waals surface area contributed by atoms with Crippen LogP contribution in [-0.2, 0) is 12.8 Å². The van der Waals surface area contributed by atoms with Gasteiger partial charge in [-0.3, -0.25) is 0 Å². The number of aryl methyl sites for hydroxylation is 1. The van der Waals surface area contributed by atoms with E-state index in [1.54, 1.807) is 16.7 Å². The first-order valence-electron chi connectivity index (χ1n) is 10.2. The second-order valence-electron chi connectivity index (χ2n) is 8.25. The molecule has 0 bridgehead atoms. The van der Waals surface area contributed by atoms with Crippen LogP contribution in [0, 0.1) is 5.92 Å². The Morgan fingerprint density at radius 1 is 1.17 bits per heavy atom. The van der Waals surface area contributed by atoms with Gasteiger partial charge in [0, 0.05) is 5.54 Å². The molecule has 3 atom stereocenters. The molecule has 24 heavy (non-hydrogen) atoms. The molecule has 1 fully saturated rings. The van der Waals surface area contributed by atoms with Crippen LogP contribution in [0.4, 0.5) is 0 Å². The molecule has 0 heterocycles. The van der Waals surface area contributed by atoms with E-state index in [4.69, 9.17) is 5.73 Å². The predicted octanol–water partition coefficient (Wildman–Crippen LogP) is 5.91. The van der Waals surface area contributed by atoms with Crippen molar-refractivity contribution < 1.29 is 0 Å². The second-order valence-corrected chi connectivity index (χ2v) is 8.25. The monoisotopic (exact) mass is 325 g/mol. The summed E-state index contributed by atoms with van der Waals surface area (Å²) in [5, 5.41) is 0. The standard InChI is InChI=1S/C23H35N/c1-3-5-6-7-8-18-9-10-20-16-21(12-11-19(20)15-18)22-13-14-23(24,4-2)17-22/h5-6,11-12,16,18,22H,3-4,7-10,13-15,17,24H2,1-2H3/b6-5+/t18-,22+,23-/m1/s1. The fourth-order valence-electron chi connectivity index (χ4n) is 4.73. The van der Waals surface area contributed by atoms with Crippen molar-refractivity contribution in [2.75, 3.05) is 0 Å². The summed E-state index contributed by atoms with van der Waals surface area (Å²) < 4.78 is 0. The maximum Gasteiger partial charge on any atom is 0.0157 e. The van der Waals surface area contributed by atoms with Crippen molar-refractivity contribution in [3.63, 3.8) is 0 Å². The SMILES string of the molecule is CC/C=C/CC[C@@H]1CCc2cc([C@H]3CC[C@](N)(CC)C3)ccc2C1. The van der Waals surface area contributed by atoms with Gasteiger partial charge in [-0.2, -0.15) is 0 Å². The van der Waals surface area contributed by atoms with Crippen LogP contribution in [0.25, 0.3) is 0 Å². The van der Waals surface area contributed by atoms with Gasteiger partial charge in [0.2, 0.25) is 0 Å². The second kappa shape index (κ2) is 7.87. The molecule has 1 nitrogen and oxygen atoms in total. The number of nitrogens with two attached hydrogens (primary N) is 1. The third-order valence-corrected chi connectivity index (χ3v) is 6.52. The lowest BCUT2D eigenvalue weighted by molar-refractivity contribution is 0.417. The Hall–Kier alpha value is -1.08. The van der Waals surface area contributed by atoms with Gasteiger partial charge in [-0.05, 0) is 92.7 Å². The van der Waals surface area contributed by atoms with Gasteiger partial charge in [0.05, 0.1) is 0 Å². The van der Waals surface area contributed by atoms with Crippen LogP contribution in [0.5, 0.6) is 0 Å². The first kappa shape index (κ1) is 17.7. The van der Waals surface area contributed by atoms with E-state index in [0.29, 0.717) is 5.92 Å². The minimum absolute atomic E-state index is 0.0949. The highest BCUT2D eigenvalue weighted by Gasteiger charge is 2.35. The molecule has 0 saturated heterocycles. The summed E-state index contributed by atoms with van der Waals surface area (Å²) in [6.45, 7) is 4.45. The highest BCUT2D eigenvalue weighted by molar-refractivity contribution is 5.36. The molecule has 0 unspecified atom stereocenters. The topological polar surface area (TPSA) is 26.0 Å². The van der Waals surface area contributed by atoms with Crippen LogP contribution >= 0.6 is 0 Å². The Kier molecular flexibility index (Phi) is 5.81. The molecule has 1 heteroatoms. The van der Waals surface area contributed by atoms with E-state index in [-0.39, 0.29) is 5.54 Å². The predicted molar refractivity (Wildman–Crippen MR) is 104 cm³/mol. The van der Waals surface area contributed by atoms with E-state index in [0.717, 1.165) is 12.3 Å². The van der Waals surface area contributed by atoms with Crippen LogP contribution in [0.2, 0.25) is 0 Å². The van der Waals surface area contributed by atoms with E-state index in [9.17, 15) is 0 Å². The summed E-state index contributed by atoms with van der Waals surface area (Å²) in [7, 11) is 0. The fourth-order valence-corrected chi connectivity index (χ4v) is 4.73. The van der Waals surface area contributed by atoms with Crippen molar-refractivity contribution >= 4 is 0 Å². The quantitative estimate of drug-likeness (QED) is 0.646. The summed E-state index contributed by atoms with van der Waals surface area (Å²) in [4.78, 5) is 0. The first-order valence-corrected chi connectivity index (χ1v) is 10.2. The Morgan fingerprint density at radius 2 is 2.04 bits per heavy atom. The molecule has 0 spiro atoms. The molecule has 132 valence electrons. The highest BCUT2D eigenvalue weighted by atomic mass is 14.8. The van der Waals surface area contributed by atoms with Gasteiger partial charge in [-0.1, -0.05) is 44.2 Å². The van der Waals surface area contributed by atoms with Gasteiger partial charge < -0.3 is 5.73 Å². The zero-order valence-electron chi connectivity index (χ0n) is 15.7. The molecule has 3 rings (SSSR count). The first-order chi connectivity index (χ1) is 11.6. The number of benzene rings is 1. The maximum atomic E-state index is 6.50. The minimum atomic E-state index is 0.0949. The molecule has 1 aromatic carbocycles. The normalized spacial score (nSPS) is 30.0. The summed E-state index contributed by atoms with van der Waals surface area (Å²) in [5.41, 5.74) is 11.4. The van der Waals surface area contributed by atoms with Gasteiger partial charge in [-0.15, -0.1) is 0 Å². The van der Waals surface area contributed by atoms with E-state index in [1.165, 1.54) is 57.8 Å². The number of rotatable bonds is 6. The molecule has 2 N–H and O–H groups in total. The van der Waals surface area contributed by atoms with E-state index >= 15 is 0 Å². The smallest absolute Gasteiger partial charge is 0.0157 e. The van der Waals surface area contributed by atoms with Crippen LogP contribution in [0.15, 0.2) is 30.4 Å². The van der Waals surface area contributed by atoms with Crippen LogP contribution in [0.3, 0.4) is 0 Å². The molecule has 0 aliphatic heterocycles. The zero-order valence-corrected chi connectivity index (χ0v) is 15.7. The van der Waals surface area contributed by atoms with Crippen molar-refractivity contribution in [3.05, 3.63) is 47.0 Å². The Bertz CT molecular complexity index is 573. The molecular weight excluding hydrogens is 290 g/mol. The van der Waals surface area contributed by atoms with Crippen LogP contribution in [0.1, 0.15) is 87.8 Å². The number of hydrogen-bond acceptors (Lipinski definition) is 1. The molecule has 0 amide bonds. The van der Waals surface area contributed by atoms with Crippen molar-refractivity contribution in [1.82, 2.24) is 0 Å². The Labute approximate surface area is 148 Å². The third-order valence-electron chi connectivity index (χ3n) is 6.52. The average Bonchev–Trinajstić information content (AvgIpc) is 3.01. The number of fused-ring (bicyclic) bond motifs is 1. The molecule has 0 radical (unpaired) electrons. The molecule has 2 aliphatic carbocycles. The van der Waals surface area contributed by atoms with Crippen molar-refractivity contribution in [3.8, 4) is 0 Å². The molecule has 1 saturated carbocycles. The van der Waals surface area contributed by atoms with Crippen LogP contribution < -0.4 is 5.73 Å². The Balaban J connectivity index is 1.61. The van der Waals surface area contributed by atoms with Gasteiger partial charge in [0.1, 0.15) is 0 Å². The van der Waals surface area contributed by atoms with Gasteiger partial charge in [0.15, 0.2) is 0 Å². The van der Waals surface area contributed by atoms with Crippen molar-refractivity contribution in [2.45, 2.75) is 89.5 Å². The van der Waals surface area contributed by atoms with Gasteiger partial charge in [-0.25, -0.2) is 0 Å². The van der Waals surface area contributed by atoms with Crippen molar-refractivity contribution in [2.24, 2.45) is 11.7 Å². The highest BCUT2D eigenvalue weighted by Crippen LogP contribution is 2.42. The lowest BCUT2D eigenvalue weighted by Crippen LogP contribution is -2.35. The number of allylic oxidation sites excluding steroid dienone is 2. The maximum absolute atomic E-state index is 6.50. The third kappa shape index (κ3) is 4.11. The molecule has 0 aromatic heterocycles. The van der Waals surface area contributed by atoms with Crippen molar-refractivity contribution in [1.29, 1.82) is 0 Å². The fraction of sp³-hybridized carbons (Fsp3) is 0.652. The molecule has 2 aliphatic rings. The van der Waals surface area contributed by atoms with Gasteiger partial charge >= 0.3 is 0 Å².